The first kappa shape index (κ1) is 16.3. The molecule has 4 atom stereocenters. The Morgan fingerprint density at radius 1 is 1.16 bits per heavy atom. The highest BCUT2D eigenvalue weighted by Crippen LogP contribution is 2.50. The SMILES string of the molecule is CCOC(=O)c1cc(N2C(=O)[C@@H]3[C@H](C2=O)[C@@H]2C=C[C@H]3CC2)ccc1Cl. The molecule has 2 bridgehead atoms. The van der Waals surface area contributed by atoms with E-state index in [1.54, 1.807) is 13.0 Å². The highest BCUT2D eigenvalue weighted by molar-refractivity contribution is 6.34. The number of hydrogen-bond acceptors (Lipinski definition) is 4. The van der Waals surface area contributed by atoms with Gasteiger partial charge in [-0.15, -0.1) is 0 Å². The molecule has 3 aliphatic carbocycles. The summed E-state index contributed by atoms with van der Waals surface area (Å²) in [7, 11) is 0. The van der Waals surface area contributed by atoms with Gasteiger partial charge in [-0.1, -0.05) is 23.8 Å². The molecule has 0 unspecified atom stereocenters. The van der Waals surface area contributed by atoms with Crippen LogP contribution in [0.3, 0.4) is 0 Å². The Morgan fingerprint density at radius 3 is 2.28 bits per heavy atom. The third-order valence-corrected chi connectivity index (χ3v) is 5.79. The van der Waals surface area contributed by atoms with Gasteiger partial charge in [0.05, 0.1) is 34.7 Å². The summed E-state index contributed by atoms with van der Waals surface area (Å²) in [6, 6.07) is 4.61. The molecular weight excluding hydrogens is 342 g/mol. The predicted molar refractivity (Wildman–Crippen MR) is 92.2 cm³/mol. The summed E-state index contributed by atoms with van der Waals surface area (Å²) in [5.74, 6) is -1.21. The molecule has 2 fully saturated rings. The number of hydrogen-bond donors (Lipinski definition) is 0. The van der Waals surface area contributed by atoms with Crippen LogP contribution >= 0.6 is 11.6 Å². The molecule has 1 aromatic carbocycles. The summed E-state index contributed by atoms with van der Waals surface area (Å²) in [5.41, 5.74) is 0.550. The summed E-state index contributed by atoms with van der Waals surface area (Å²) >= 11 is 6.09. The zero-order chi connectivity index (χ0) is 17.7. The lowest BCUT2D eigenvalue weighted by Gasteiger charge is -2.38. The van der Waals surface area contributed by atoms with Gasteiger partial charge in [0.25, 0.3) is 0 Å². The van der Waals surface area contributed by atoms with Crippen molar-refractivity contribution in [3.63, 3.8) is 0 Å². The van der Waals surface area contributed by atoms with Gasteiger partial charge < -0.3 is 4.74 Å². The smallest absolute Gasteiger partial charge is 0.339 e. The maximum absolute atomic E-state index is 13.0. The first-order valence-electron chi connectivity index (χ1n) is 8.55. The minimum Gasteiger partial charge on any atom is -0.462 e. The molecule has 0 spiro atoms. The van der Waals surface area contributed by atoms with E-state index in [2.05, 4.69) is 12.2 Å². The molecule has 0 aromatic heterocycles. The minimum atomic E-state index is -0.562. The topological polar surface area (TPSA) is 63.7 Å². The Morgan fingerprint density at radius 2 is 1.76 bits per heavy atom. The molecule has 0 radical (unpaired) electrons. The van der Waals surface area contributed by atoms with Gasteiger partial charge in [-0.25, -0.2) is 9.69 Å². The van der Waals surface area contributed by atoms with Crippen molar-refractivity contribution in [2.75, 3.05) is 11.5 Å². The second kappa shape index (κ2) is 5.99. The number of halogens is 1. The number of carbonyl (C=O) groups excluding carboxylic acids is 3. The lowest BCUT2D eigenvalue weighted by Crippen LogP contribution is -2.38. The predicted octanol–water partition coefficient (Wildman–Crippen LogP) is 3.22. The van der Waals surface area contributed by atoms with Crippen LogP contribution in [0, 0.1) is 23.7 Å². The van der Waals surface area contributed by atoms with Crippen molar-refractivity contribution in [3.8, 4) is 0 Å². The number of amides is 2. The molecule has 25 heavy (non-hydrogen) atoms. The highest BCUT2D eigenvalue weighted by atomic mass is 35.5. The van der Waals surface area contributed by atoms with Gasteiger partial charge in [0, 0.05) is 0 Å². The summed E-state index contributed by atoms with van der Waals surface area (Å²) < 4.78 is 5.00. The maximum Gasteiger partial charge on any atom is 0.339 e. The van der Waals surface area contributed by atoms with Crippen molar-refractivity contribution in [3.05, 3.63) is 40.9 Å². The van der Waals surface area contributed by atoms with Crippen molar-refractivity contribution >= 4 is 35.1 Å². The Bertz CT molecular complexity index is 771. The Balaban J connectivity index is 1.71. The number of imide groups is 1. The van der Waals surface area contributed by atoms with Crippen molar-refractivity contribution in [1.82, 2.24) is 0 Å². The number of rotatable bonds is 3. The average Bonchev–Trinajstić information content (AvgIpc) is 2.90. The normalized spacial score (nSPS) is 29.9. The Hall–Kier alpha value is -2.14. The molecule has 5 nitrogen and oxygen atoms in total. The zero-order valence-electron chi connectivity index (χ0n) is 13.8. The van der Waals surface area contributed by atoms with Gasteiger partial charge in [-0.2, -0.15) is 0 Å². The van der Waals surface area contributed by atoms with E-state index < -0.39 is 5.97 Å². The quantitative estimate of drug-likeness (QED) is 0.472. The second-order valence-electron chi connectivity index (χ2n) is 6.74. The third kappa shape index (κ3) is 2.41. The molecule has 130 valence electrons. The summed E-state index contributed by atoms with van der Waals surface area (Å²) in [6.45, 7) is 1.93. The number of esters is 1. The van der Waals surface area contributed by atoms with E-state index in [1.807, 2.05) is 0 Å². The van der Waals surface area contributed by atoms with E-state index in [4.69, 9.17) is 16.3 Å². The van der Waals surface area contributed by atoms with Crippen molar-refractivity contribution in [1.29, 1.82) is 0 Å². The van der Waals surface area contributed by atoms with Gasteiger partial charge in [-0.05, 0) is 49.8 Å². The van der Waals surface area contributed by atoms with Crippen LogP contribution in [0.15, 0.2) is 30.4 Å². The fourth-order valence-electron chi connectivity index (χ4n) is 4.35. The molecule has 1 aromatic rings. The van der Waals surface area contributed by atoms with E-state index in [1.165, 1.54) is 17.0 Å². The first-order valence-corrected chi connectivity index (χ1v) is 8.93. The van der Waals surface area contributed by atoms with E-state index in [0.29, 0.717) is 5.69 Å². The van der Waals surface area contributed by atoms with Crippen LogP contribution in [-0.4, -0.2) is 24.4 Å². The monoisotopic (exact) mass is 359 g/mol. The molecule has 0 N–H and O–H groups in total. The van der Waals surface area contributed by atoms with Crippen molar-refractivity contribution < 1.29 is 19.1 Å². The largest absolute Gasteiger partial charge is 0.462 e. The van der Waals surface area contributed by atoms with Crippen LogP contribution in [0.1, 0.15) is 30.1 Å². The van der Waals surface area contributed by atoms with Gasteiger partial charge >= 0.3 is 5.97 Å². The Kier molecular flexibility index (Phi) is 3.91. The van der Waals surface area contributed by atoms with Gasteiger partial charge in [0.1, 0.15) is 0 Å². The third-order valence-electron chi connectivity index (χ3n) is 5.46. The summed E-state index contributed by atoms with van der Waals surface area (Å²) in [6.07, 6.45) is 6.06. The number of anilines is 1. The van der Waals surface area contributed by atoms with Gasteiger partial charge in [-0.3, -0.25) is 9.59 Å². The number of fused-ring (bicyclic) bond motifs is 1. The lowest BCUT2D eigenvalue weighted by atomic mass is 9.63. The molecule has 5 rings (SSSR count). The number of ether oxygens (including phenoxy) is 1. The van der Waals surface area contributed by atoms with Crippen LogP contribution in [0.4, 0.5) is 5.69 Å². The highest BCUT2D eigenvalue weighted by Gasteiger charge is 2.56. The van der Waals surface area contributed by atoms with Crippen molar-refractivity contribution in [2.45, 2.75) is 19.8 Å². The number of carbonyl (C=O) groups is 3. The summed E-state index contributed by atoms with van der Waals surface area (Å²) in [4.78, 5) is 39.2. The fraction of sp³-hybridized carbons (Fsp3) is 0.421. The van der Waals surface area contributed by atoms with E-state index in [9.17, 15) is 14.4 Å². The number of benzene rings is 1. The van der Waals surface area contributed by atoms with Crippen LogP contribution in [0.2, 0.25) is 5.02 Å². The number of nitrogens with zero attached hydrogens (tertiary/aromatic N) is 1. The van der Waals surface area contributed by atoms with Crippen LogP contribution < -0.4 is 4.90 Å². The minimum absolute atomic E-state index is 0.133. The standard InChI is InChI=1S/C19H18ClNO4/c1-2-25-19(24)13-9-12(7-8-14(13)20)21-17(22)15-10-3-4-11(6-5-10)16(15)18(21)23/h3-4,7-11,15-16H,2,5-6H2,1H3/t10-,11+,15-,16+. The van der Waals surface area contributed by atoms with E-state index in [-0.39, 0.29) is 52.7 Å². The second-order valence-corrected chi connectivity index (χ2v) is 7.15. The number of allylic oxidation sites excluding steroid dienone is 2. The first-order chi connectivity index (χ1) is 12.0. The molecule has 6 heteroatoms. The molecule has 1 saturated heterocycles. The average molecular weight is 360 g/mol. The molecular formula is C19H18ClNO4. The molecule has 4 aliphatic rings. The van der Waals surface area contributed by atoms with E-state index >= 15 is 0 Å². The van der Waals surface area contributed by atoms with Crippen LogP contribution in [0.5, 0.6) is 0 Å². The fourth-order valence-corrected chi connectivity index (χ4v) is 4.54. The Labute approximate surface area is 150 Å². The molecule has 2 amide bonds. The van der Waals surface area contributed by atoms with Gasteiger partial charge in [0.15, 0.2) is 0 Å². The van der Waals surface area contributed by atoms with Crippen LogP contribution in [0.25, 0.3) is 0 Å². The zero-order valence-corrected chi connectivity index (χ0v) is 14.5. The van der Waals surface area contributed by atoms with E-state index in [0.717, 1.165) is 12.8 Å². The van der Waals surface area contributed by atoms with Crippen LogP contribution in [-0.2, 0) is 14.3 Å². The lowest BCUT2D eigenvalue weighted by molar-refractivity contribution is -0.124. The van der Waals surface area contributed by atoms with Crippen molar-refractivity contribution in [2.24, 2.45) is 23.7 Å². The molecule has 1 saturated carbocycles. The maximum atomic E-state index is 13.0. The molecule has 1 heterocycles. The summed E-state index contributed by atoms with van der Waals surface area (Å²) in [5, 5.41) is 0.237. The van der Waals surface area contributed by atoms with Gasteiger partial charge in [0.2, 0.25) is 11.8 Å². The molecule has 1 aliphatic heterocycles.